The van der Waals surface area contributed by atoms with E-state index in [0.29, 0.717) is 5.56 Å². The average molecular weight is 415 g/mol. The molecule has 7 nitrogen and oxygen atoms in total. The van der Waals surface area contributed by atoms with E-state index in [1.807, 2.05) is 30.3 Å². The van der Waals surface area contributed by atoms with Gasteiger partial charge in [0.15, 0.2) is 16.4 Å². The number of carbonyl (C=O) groups excluding carboxylic acids is 2. The maximum absolute atomic E-state index is 12.8. The number of carbonyl (C=O) groups is 2. The number of aliphatic hydroxyl groups is 1. The first-order valence-corrected chi connectivity index (χ1v) is 10.7. The van der Waals surface area contributed by atoms with Crippen LogP contribution in [0, 0.1) is 0 Å². The van der Waals surface area contributed by atoms with Gasteiger partial charge in [-0.15, -0.1) is 0 Å². The second-order valence-corrected chi connectivity index (χ2v) is 8.60. The van der Waals surface area contributed by atoms with E-state index in [1.54, 1.807) is 12.1 Å². The van der Waals surface area contributed by atoms with Crippen molar-refractivity contribution in [2.45, 2.75) is 19.2 Å². The van der Waals surface area contributed by atoms with Crippen molar-refractivity contribution in [3.05, 3.63) is 82.8 Å². The molecule has 2 aromatic carbocycles. The predicted octanol–water partition coefficient (Wildman–Crippen LogP) is 1.68. The number of esters is 1. The summed E-state index contributed by atoms with van der Waals surface area (Å²) in [5.74, 6) is -1.35. The molecule has 0 radical (unpaired) electrons. The molecule has 2 aromatic rings. The number of ether oxygens (including phenoxy) is 1. The van der Waals surface area contributed by atoms with Gasteiger partial charge < -0.3 is 14.7 Å². The highest BCUT2D eigenvalue weighted by atomic mass is 32.2. The SMILES string of the molecule is O=C(OCC(=O)N(Cc1ccccc1)[C@H]1C=CS(=O)(=O)C1)c1ccc(CO)cc1. The number of hydrogen-bond acceptors (Lipinski definition) is 6. The van der Waals surface area contributed by atoms with Crippen LogP contribution in [0.15, 0.2) is 66.1 Å². The molecular formula is C21H21NO6S. The van der Waals surface area contributed by atoms with Crippen LogP contribution in [0.3, 0.4) is 0 Å². The molecule has 0 fully saturated rings. The topological polar surface area (TPSA) is 101 Å². The van der Waals surface area contributed by atoms with E-state index in [0.717, 1.165) is 11.0 Å². The van der Waals surface area contributed by atoms with Gasteiger partial charge in [-0.1, -0.05) is 42.5 Å². The molecule has 0 spiro atoms. The number of aliphatic hydroxyl groups excluding tert-OH is 1. The van der Waals surface area contributed by atoms with Crippen molar-refractivity contribution in [3.8, 4) is 0 Å². The van der Waals surface area contributed by atoms with Crippen LogP contribution in [0.1, 0.15) is 21.5 Å². The number of sulfone groups is 1. The lowest BCUT2D eigenvalue weighted by atomic mass is 10.1. The lowest BCUT2D eigenvalue weighted by Gasteiger charge is -2.27. The molecule has 1 aliphatic heterocycles. The molecule has 0 aromatic heterocycles. The van der Waals surface area contributed by atoms with Crippen LogP contribution in [0.25, 0.3) is 0 Å². The van der Waals surface area contributed by atoms with Crippen molar-refractivity contribution < 1.29 is 27.9 Å². The van der Waals surface area contributed by atoms with Gasteiger partial charge in [-0.25, -0.2) is 13.2 Å². The van der Waals surface area contributed by atoms with Crippen LogP contribution in [-0.4, -0.2) is 48.7 Å². The highest BCUT2D eigenvalue weighted by Crippen LogP contribution is 2.18. The van der Waals surface area contributed by atoms with E-state index in [-0.39, 0.29) is 24.5 Å². The van der Waals surface area contributed by atoms with Gasteiger partial charge in [0.25, 0.3) is 5.91 Å². The van der Waals surface area contributed by atoms with Gasteiger partial charge >= 0.3 is 5.97 Å². The summed E-state index contributed by atoms with van der Waals surface area (Å²) in [5.41, 5.74) is 1.75. The van der Waals surface area contributed by atoms with Crippen LogP contribution in [0.5, 0.6) is 0 Å². The quantitative estimate of drug-likeness (QED) is 0.691. The number of rotatable bonds is 7. The molecule has 0 saturated heterocycles. The normalized spacial score (nSPS) is 17.1. The Morgan fingerprint density at radius 3 is 2.31 bits per heavy atom. The molecule has 1 atom stereocenters. The van der Waals surface area contributed by atoms with Gasteiger partial charge in [0.1, 0.15) is 0 Å². The Labute approximate surface area is 169 Å². The van der Waals surface area contributed by atoms with Gasteiger partial charge in [-0.3, -0.25) is 4.79 Å². The summed E-state index contributed by atoms with van der Waals surface area (Å²) in [4.78, 5) is 26.4. The summed E-state index contributed by atoms with van der Waals surface area (Å²) in [7, 11) is -3.35. The lowest BCUT2D eigenvalue weighted by Crippen LogP contribution is -2.42. The molecule has 8 heteroatoms. The van der Waals surface area contributed by atoms with Crippen molar-refractivity contribution in [2.75, 3.05) is 12.4 Å². The summed E-state index contributed by atoms with van der Waals surface area (Å²) in [6.07, 6.45) is 1.48. The fourth-order valence-electron chi connectivity index (χ4n) is 2.96. The van der Waals surface area contributed by atoms with Crippen molar-refractivity contribution in [3.63, 3.8) is 0 Å². The molecule has 1 heterocycles. The second kappa shape index (κ2) is 9.02. The molecular weight excluding hydrogens is 394 g/mol. The first-order valence-electron chi connectivity index (χ1n) is 8.99. The predicted molar refractivity (Wildman–Crippen MR) is 106 cm³/mol. The maximum atomic E-state index is 12.8. The van der Waals surface area contributed by atoms with Crippen LogP contribution < -0.4 is 0 Å². The van der Waals surface area contributed by atoms with Gasteiger partial charge in [0, 0.05) is 12.0 Å². The van der Waals surface area contributed by atoms with Gasteiger partial charge in [-0.2, -0.15) is 0 Å². The Bertz CT molecular complexity index is 999. The first kappa shape index (κ1) is 20.8. The monoisotopic (exact) mass is 415 g/mol. The van der Waals surface area contributed by atoms with Crippen molar-refractivity contribution in [1.29, 1.82) is 0 Å². The fraction of sp³-hybridized carbons (Fsp3) is 0.238. The van der Waals surface area contributed by atoms with Crippen molar-refractivity contribution in [1.82, 2.24) is 4.90 Å². The Morgan fingerprint density at radius 1 is 1.03 bits per heavy atom. The molecule has 0 bridgehead atoms. The first-order chi connectivity index (χ1) is 13.9. The summed E-state index contributed by atoms with van der Waals surface area (Å²) >= 11 is 0. The molecule has 1 amide bonds. The zero-order valence-corrected chi connectivity index (χ0v) is 16.4. The van der Waals surface area contributed by atoms with E-state index in [4.69, 9.17) is 9.84 Å². The Hall–Kier alpha value is -2.97. The minimum atomic E-state index is -3.35. The third kappa shape index (κ3) is 5.52. The minimum Gasteiger partial charge on any atom is -0.452 e. The van der Waals surface area contributed by atoms with Crippen LogP contribution in [0.4, 0.5) is 0 Å². The zero-order valence-electron chi connectivity index (χ0n) is 15.6. The minimum absolute atomic E-state index is 0.139. The van der Waals surface area contributed by atoms with Crippen LogP contribution in [-0.2, 0) is 32.5 Å². The summed E-state index contributed by atoms with van der Waals surface area (Å²) in [5, 5.41) is 10.2. The molecule has 0 unspecified atom stereocenters. The van der Waals surface area contributed by atoms with Gasteiger partial charge in [0.05, 0.1) is 24.0 Å². The highest BCUT2D eigenvalue weighted by molar-refractivity contribution is 7.94. The Morgan fingerprint density at radius 2 is 1.72 bits per heavy atom. The number of hydrogen-bond donors (Lipinski definition) is 1. The number of amides is 1. The summed E-state index contributed by atoms with van der Waals surface area (Å²) in [6, 6.07) is 14.8. The van der Waals surface area contributed by atoms with E-state index in [9.17, 15) is 18.0 Å². The fourth-order valence-corrected chi connectivity index (χ4v) is 4.26. The zero-order chi connectivity index (χ0) is 20.9. The summed E-state index contributed by atoms with van der Waals surface area (Å²) < 4.78 is 28.7. The Kier molecular flexibility index (Phi) is 6.46. The maximum Gasteiger partial charge on any atom is 0.338 e. The molecule has 0 aliphatic carbocycles. The van der Waals surface area contributed by atoms with E-state index >= 15 is 0 Å². The second-order valence-electron chi connectivity index (χ2n) is 6.66. The molecule has 0 saturated carbocycles. The third-order valence-corrected chi connectivity index (χ3v) is 5.90. The van der Waals surface area contributed by atoms with Gasteiger partial charge in [-0.05, 0) is 29.3 Å². The van der Waals surface area contributed by atoms with Crippen LogP contribution in [0.2, 0.25) is 0 Å². The van der Waals surface area contributed by atoms with E-state index in [1.165, 1.54) is 23.1 Å². The number of benzene rings is 2. The van der Waals surface area contributed by atoms with E-state index in [2.05, 4.69) is 0 Å². The summed E-state index contributed by atoms with van der Waals surface area (Å²) in [6.45, 7) is -0.440. The highest BCUT2D eigenvalue weighted by Gasteiger charge is 2.30. The van der Waals surface area contributed by atoms with Gasteiger partial charge in [0.2, 0.25) is 0 Å². The molecule has 3 rings (SSSR count). The molecule has 152 valence electrons. The average Bonchev–Trinajstić information content (AvgIpc) is 3.10. The molecule has 1 aliphatic rings. The molecule has 1 N–H and O–H groups in total. The Balaban J connectivity index is 1.68. The number of nitrogens with zero attached hydrogens (tertiary/aromatic N) is 1. The third-order valence-electron chi connectivity index (χ3n) is 4.53. The standard InChI is InChI=1S/C21H21NO6S/c23-13-17-6-8-18(9-7-17)21(25)28-14-20(24)22(12-16-4-2-1-3-5-16)19-10-11-29(26,27)15-19/h1-11,19,23H,12-15H2/t19-/m0/s1. The van der Waals surface area contributed by atoms with Crippen molar-refractivity contribution in [2.24, 2.45) is 0 Å². The van der Waals surface area contributed by atoms with Crippen LogP contribution >= 0.6 is 0 Å². The van der Waals surface area contributed by atoms with Crippen molar-refractivity contribution >= 4 is 21.7 Å². The largest absolute Gasteiger partial charge is 0.452 e. The van der Waals surface area contributed by atoms with E-state index < -0.39 is 34.4 Å². The lowest BCUT2D eigenvalue weighted by molar-refractivity contribution is -0.136. The smallest absolute Gasteiger partial charge is 0.338 e. The molecule has 29 heavy (non-hydrogen) atoms.